The highest BCUT2D eigenvalue weighted by Crippen LogP contribution is 2.25. The van der Waals surface area contributed by atoms with Gasteiger partial charge in [-0.1, -0.05) is 44.4 Å². The van der Waals surface area contributed by atoms with E-state index in [2.05, 4.69) is 11.9 Å². The van der Waals surface area contributed by atoms with Crippen LogP contribution < -0.4 is 5.32 Å². The number of fused-ring (bicyclic) bond motifs is 1. The van der Waals surface area contributed by atoms with Gasteiger partial charge in [0.15, 0.2) is 0 Å². The molecular weight excluding hydrogens is 310 g/mol. The summed E-state index contributed by atoms with van der Waals surface area (Å²) in [6.45, 7) is 5.05. The highest BCUT2D eigenvalue weighted by molar-refractivity contribution is 6.07. The van der Waals surface area contributed by atoms with Gasteiger partial charge in [-0.05, 0) is 36.5 Å². The standard InChI is InChI=1S/C21H27N3O/c1-2-16-9-10-20-18(13-16)19(15-24(20)12-11-22)21(25)23-14-17-7-5-3-4-6-8-17/h2,9-11,13,15,17,22H,1,3-8,12,14H2,(H,23,25). The zero-order chi connectivity index (χ0) is 17.6. The van der Waals surface area contributed by atoms with Crippen LogP contribution in [0.25, 0.3) is 17.0 Å². The van der Waals surface area contributed by atoms with E-state index in [1.807, 2.05) is 29.0 Å². The van der Waals surface area contributed by atoms with E-state index in [-0.39, 0.29) is 5.91 Å². The Bertz CT molecular complexity index is 767. The number of hydrogen-bond donors (Lipinski definition) is 2. The Balaban J connectivity index is 1.81. The number of nitrogens with zero attached hydrogens (tertiary/aromatic N) is 1. The third-order valence-electron chi connectivity index (χ3n) is 5.20. The Hall–Kier alpha value is -2.36. The minimum Gasteiger partial charge on any atom is -0.352 e. The molecule has 0 aliphatic heterocycles. The molecular formula is C21H27N3O. The molecule has 1 aliphatic carbocycles. The third kappa shape index (κ3) is 4.01. The zero-order valence-corrected chi connectivity index (χ0v) is 14.8. The van der Waals surface area contributed by atoms with E-state index in [0.717, 1.165) is 23.0 Å². The zero-order valence-electron chi connectivity index (χ0n) is 14.8. The molecule has 25 heavy (non-hydrogen) atoms. The second-order valence-electron chi connectivity index (χ2n) is 6.95. The summed E-state index contributed by atoms with van der Waals surface area (Å²) in [6, 6.07) is 5.99. The van der Waals surface area contributed by atoms with Crippen LogP contribution in [-0.4, -0.2) is 23.2 Å². The molecule has 0 spiro atoms. The number of aromatic nitrogens is 1. The number of rotatable bonds is 6. The van der Waals surface area contributed by atoms with Crippen LogP contribution in [0.15, 0.2) is 31.0 Å². The van der Waals surface area contributed by atoms with Gasteiger partial charge in [-0.3, -0.25) is 4.79 Å². The summed E-state index contributed by atoms with van der Waals surface area (Å²) < 4.78 is 1.95. The molecule has 1 fully saturated rings. The first-order valence-electron chi connectivity index (χ1n) is 9.25. The smallest absolute Gasteiger partial charge is 0.253 e. The largest absolute Gasteiger partial charge is 0.352 e. The Morgan fingerprint density at radius 3 is 2.72 bits per heavy atom. The summed E-state index contributed by atoms with van der Waals surface area (Å²) in [4.78, 5) is 12.8. The van der Waals surface area contributed by atoms with Crippen molar-refractivity contribution in [3.8, 4) is 0 Å². The molecule has 4 heteroatoms. The van der Waals surface area contributed by atoms with E-state index >= 15 is 0 Å². The molecule has 0 atom stereocenters. The minimum atomic E-state index is -0.0146. The van der Waals surface area contributed by atoms with Crippen LogP contribution >= 0.6 is 0 Å². The fourth-order valence-corrected chi connectivity index (χ4v) is 3.77. The Kier molecular flexibility index (Phi) is 5.69. The monoisotopic (exact) mass is 337 g/mol. The summed E-state index contributed by atoms with van der Waals surface area (Å²) in [6.07, 6.45) is 12.7. The molecule has 132 valence electrons. The van der Waals surface area contributed by atoms with Gasteiger partial charge >= 0.3 is 0 Å². The molecule has 1 aromatic heterocycles. The van der Waals surface area contributed by atoms with E-state index < -0.39 is 0 Å². The van der Waals surface area contributed by atoms with Crippen molar-refractivity contribution in [3.05, 3.63) is 42.1 Å². The number of amides is 1. The van der Waals surface area contributed by atoms with E-state index in [4.69, 9.17) is 5.41 Å². The van der Waals surface area contributed by atoms with Crippen molar-refractivity contribution in [2.24, 2.45) is 5.92 Å². The number of hydrogen-bond acceptors (Lipinski definition) is 2. The summed E-state index contributed by atoms with van der Waals surface area (Å²) in [5.74, 6) is 0.587. The van der Waals surface area contributed by atoms with Gasteiger partial charge in [-0.2, -0.15) is 0 Å². The van der Waals surface area contributed by atoms with Crippen LogP contribution in [0.2, 0.25) is 0 Å². The second-order valence-corrected chi connectivity index (χ2v) is 6.95. The maximum absolute atomic E-state index is 12.8. The van der Waals surface area contributed by atoms with Gasteiger partial charge in [0.25, 0.3) is 5.91 Å². The molecule has 4 nitrogen and oxygen atoms in total. The average Bonchev–Trinajstić information content (AvgIpc) is 2.81. The lowest BCUT2D eigenvalue weighted by Gasteiger charge is -2.14. The molecule has 2 aromatic rings. The van der Waals surface area contributed by atoms with Gasteiger partial charge in [-0.15, -0.1) is 0 Å². The first-order chi connectivity index (χ1) is 12.2. The van der Waals surface area contributed by atoms with Gasteiger partial charge in [0, 0.05) is 29.9 Å². The molecule has 1 saturated carbocycles. The van der Waals surface area contributed by atoms with Crippen LogP contribution in [0.4, 0.5) is 0 Å². The lowest BCUT2D eigenvalue weighted by atomic mass is 10.0. The summed E-state index contributed by atoms with van der Waals surface area (Å²) in [5.41, 5.74) is 2.67. The van der Waals surface area contributed by atoms with Crippen molar-refractivity contribution in [1.82, 2.24) is 9.88 Å². The fraction of sp³-hybridized carbons (Fsp3) is 0.429. The molecule has 1 heterocycles. The van der Waals surface area contributed by atoms with Crippen LogP contribution in [0.1, 0.15) is 54.4 Å². The van der Waals surface area contributed by atoms with Gasteiger partial charge in [0.05, 0.1) is 12.1 Å². The molecule has 1 amide bonds. The number of carbonyl (C=O) groups excluding carboxylic acids is 1. The number of carbonyl (C=O) groups is 1. The first kappa shape index (κ1) is 17.5. The normalized spacial score (nSPS) is 15.7. The highest BCUT2D eigenvalue weighted by atomic mass is 16.1. The van der Waals surface area contributed by atoms with Crippen molar-refractivity contribution in [2.45, 2.75) is 45.1 Å². The molecule has 0 saturated heterocycles. The summed E-state index contributed by atoms with van der Waals surface area (Å²) >= 11 is 0. The Morgan fingerprint density at radius 1 is 1.28 bits per heavy atom. The van der Waals surface area contributed by atoms with Gasteiger partial charge < -0.3 is 15.3 Å². The molecule has 0 unspecified atom stereocenters. The van der Waals surface area contributed by atoms with E-state index in [0.29, 0.717) is 18.0 Å². The third-order valence-corrected chi connectivity index (χ3v) is 5.20. The SMILES string of the molecule is C=Cc1ccc2c(c1)c(C(=O)NCC1CCCCCC1)cn2CC=N. The second kappa shape index (κ2) is 8.15. The molecule has 3 rings (SSSR count). The van der Waals surface area contributed by atoms with Crippen molar-refractivity contribution >= 4 is 29.1 Å². The highest BCUT2D eigenvalue weighted by Gasteiger charge is 2.17. The summed E-state index contributed by atoms with van der Waals surface area (Å²) in [5, 5.41) is 11.5. The maximum Gasteiger partial charge on any atom is 0.253 e. The van der Waals surface area contributed by atoms with Crippen molar-refractivity contribution in [1.29, 1.82) is 5.41 Å². The maximum atomic E-state index is 12.8. The van der Waals surface area contributed by atoms with Gasteiger partial charge in [-0.25, -0.2) is 0 Å². The number of benzene rings is 1. The lowest BCUT2D eigenvalue weighted by molar-refractivity contribution is 0.0947. The average molecular weight is 337 g/mol. The van der Waals surface area contributed by atoms with Crippen molar-refractivity contribution < 1.29 is 4.79 Å². The van der Waals surface area contributed by atoms with E-state index in [1.165, 1.54) is 44.7 Å². The van der Waals surface area contributed by atoms with E-state index in [9.17, 15) is 4.79 Å². The quantitative estimate of drug-likeness (QED) is 0.586. The van der Waals surface area contributed by atoms with Crippen molar-refractivity contribution in [2.75, 3.05) is 6.54 Å². The van der Waals surface area contributed by atoms with Gasteiger partial charge in [0.1, 0.15) is 0 Å². The minimum absolute atomic E-state index is 0.0146. The molecule has 1 aromatic carbocycles. The lowest BCUT2D eigenvalue weighted by Crippen LogP contribution is -2.29. The summed E-state index contributed by atoms with van der Waals surface area (Å²) in [7, 11) is 0. The van der Waals surface area contributed by atoms with Crippen LogP contribution in [0.3, 0.4) is 0 Å². The predicted octanol–water partition coefficient (Wildman–Crippen LogP) is 4.63. The molecule has 0 radical (unpaired) electrons. The number of nitrogens with one attached hydrogen (secondary N) is 2. The van der Waals surface area contributed by atoms with Crippen LogP contribution in [0.5, 0.6) is 0 Å². The van der Waals surface area contributed by atoms with Crippen LogP contribution in [-0.2, 0) is 6.54 Å². The molecule has 2 N–H and O–H groups in total. The predicted molar refractivity (Wildman–Crippen MR) is 104 cm³/mol. The Morgan fingerprint density at radius 2 is 2.04 bits per heavy atom. The van der Waals surface area contributed by atoms with E-state index in [1.54, 1.807) is 6.08 Å². The van der Waals surface area contributed by atoms with Gasteiger partial charge in [0.2, 0.25) is 0 Å². The van der Waals surface area contributed by atoms with Crippen LogP contribution in [0, 0.1) is 11.3 Å². The fourth-order valence-electron chi connectivity index (χ4n) is 3.77. The van der Waals surface area contributed by atoms with Crippen molar-refractivity contribution in [3.63, 3.8) is 0 Å². The Labute approximate surface area is 149 Å². The molecule has 1 aliphatic rings. The first-order valence-corrected chi connectivity index (χ1v) is 9.25. The molecule has 0 bridgehead atoms. The topological polar surface area (TPSA) is 57.9 Å².